The highest BCUT2D eigenvalue weighted by atomic mass is 16.4. The zero-order valence-corrected chi connectivity index (χ0v) is 11.8. The molecule has 0 aromatic rings. The average molecular weight is 258 g/mol. The summed E-state index contributed by atoms with van der Waals surface area (Å²) in [6.45, 7) is 8.74. The van der Waals surface area contributed by atoms with Crippen molar-refractivity contribution in [3.05, 3.63) is 0 Å². The normalized spacial score (nSPS) is 12.8. The van der Waals surface area contributed by atoms with Gasteiger partial charge in [-0.15, -0.1) is 0 Å². The SMILES string of the molecule is CC(C)C[C@@H](NC(=O)CCCNC(C)C)C(=O)O. The zero-order chi connectivity index (χ0) is 14.1. The van der Waals surface area contributed by atoms with Crippen molar-refractivity contribution in [2.75, 3.05) is 6.54 Å². The van der Waals surface area contributed by atoms with E-state index in [0.717, 1.165) is 13.0 Å². The van der Waals surface area contributed by atoms with E-state index in [1.54, 1.807) is 0 Å². The summed E-state index contributed by atoms with van der Waals surface area (Å²) in [5.41, 5.74) is 0. The maximum atomic E-state index is 11.6. The minimum Gasteiger partial charge on any atom is -0.480 e. The summed E-state index contributed by atoms with van der Waals surface area (Å²) in [5, 5.41) is 14.8. The van der Waals surface area contributed by atoms with Crippen LogP contribution in [0.4, 0.5) is 0 Å². The molecule has 5 nitrogen and oxygen atoms in total. The van der Waals surface area contributed by atoms with Crippen LogP contribution in [0.25, 0.3) is 0 Å². The number of carboxylic acids is 1. The standard InChI is InChI=1S/C13H26N2O3/c1-9(2)8-11(13(17)18)15-12(16)6-5-7-14-10(3)4/h9-11,14H,5-8H2,1-4H3,(H,15,16)(H,17,18)/t11-/m1/s1. The van der Waals surface area contributed by atoms with Crippen LogP contribution in [0, 0.1) is 5.92 Å². The fraction of sp³-hybridized carbons (Fsp3) is 0.846. The molecule has 0 saturated carbocycles. The molecule has 18 heavy (non-hydrogen) atoms. The maximum Gasteiger partial charge on any atom is 0.326 e. The highest BCUT2D eigenvalue weighted by Crippen LogP contribution is 2.05. The molecule has 3 N–H and O–H groups in total. The molecule has 0 heterocycles. The minimum atomic E-state index is -0.961. The molecule has 0 aliphatic carbocycles. The van der Waals surface area contributed by atoms with Gasteiger partial charge in [0, 0.05) is 12.5 Å². The summed E-state index contributed by atoms with van der Waals surface area (Å²) in [5.74, 6) is -0.903. The van der Waals surface area contributed by atoms with Crippen molar-refractivity contribution in [3.63, 3.8) is 0 Å². The molecule has 1 atom stereocenters. The number of carbonyl (C=O) groups excluding carboxylic acids is 1. The number of nitrogens with one attached hydrogen (secondary N) is 2. The Morgan fingerprint density at radius 1 is 1.17 bits per heavy atom. The highest BCUT2D eigenvalue weighted by molar-refractivity contribution is 5.83. The number of amides is 1. The largest absolute Gasteiger partial charge is 0.480 e. The summed E-state index contributed by atoms with van der Waals surface area (Å²) in [6, 6.07) is -0.365. The fourth-order valence-electron chi connectivity index (χ4n) is 1.60. The van der Waals surface area contributed by atoms with E-state index in [1.165, 1.54) is 0 Å². The van der Waals surface area contributed by atoms with Crippen molar-refractivity contribution in [3.8, 4) is 0 Å². The van der Waals surface area contributed by atoms with Gasteiger partial charge in [-0.2, -0.15) is 0 Å². The Morgan fingerprint density at radius 3 is 2.22 bits per heavy atom. The lowest BCUT2D eigenvalue weighted by atomic mass is 10.0. The van der Waals surface area contributed by atoms with E-state index in [4.69, 9.17) is 5.11 Å². The first-order valence-corrected chi connectivity index (χ1v) is 6.58. The summed E-state index contributed by atoms with van der Waals surface area (Å²) in [4.78, 5) is 22.5. The van der Waals surface area contributed by atoms with Crippen molar-refractivity contribution < 1.29 is 14.7 Å². The fourth-order valence-corrected chi connectivity index (χ4v) is 1.60. The number of hydrogen-bond donors (Lipinski definition) is 3. The second-order valence-electron chi connectivity index (χ2n) is 5.30. The molecule has 0 fully saturated rings. The lowest BCUT2D eigenvalue weighted by molar-refractivity contribution is -0.142. The molecule has 0 aromatic heterocycles. The molecule has 5 heteroatoms. The molecule has 0 unspecified atom stereocenters. The van der Waals surface area contributed by atoms with E-state index in [0.29, 0.717) is 18.9 Å². The van der Waals surface area contributed by atoms with Gasteiger partial charge in [0.05, 0.1) is 0 Å². The Bertz CT molecular complexity index is 265. The van der Waals surface area contributed by atoms with Crippen LogP contribution in [0.5, 0.6) is 0 Å². The molecular weight excluding hydrogens is 232 g/mol. The molecule has 0 saturated heterocycles. The topological polar surface area (TPSA) is 78.4 Å². The van der Waals surface area contributed by atoms with Crippen LogP contribution in [0.15, 0.2) is 0 Å². The second kappa shape index (κ2) is 8.91. The Morgan fingerprint density at radius 2 is 1.78 bits per heavy atom. The summed E-state index contributed by atoms with van der Waals surface area (Å²) in [6.07, 6.45) is 1.55. The van der Waals surface area contributed by atoms with Crippen LogP contribution >= 0.6 is 0 Å². The van der Waals surface area contributed by atoms with E-state index < -0.39 is 12.0 Å². The summed E-state index contributed by atoms with van der Waals surface area (Å²) < 4.78 is 0. The predicted molar refractivity (Wildman–Crippen MR) is 71.4 cm³/mol. The molecular formula is C13H26N2O3. The van der Waals surface area contributed by atoms with Crippen LogP contribution in [0.3, 0.4) is 0 Å². The Kier molecular flexibility index (Phi) is 8.37. The third-order valence-corrected chi connectivity index (χ3v) is 2.47. The van der Waals surface area contributed by atoms with Crippen LogP contribution in [-0.4, -0.2) is 35.6 Å². The first-order chi connectivity index (χ1) is 8.32. The van der Waals surface area contributed by atoms with Crippen molar-refractivity contribution in [2.24, 2.45) is 5.92 Å². The third kappa shape index (κ3) is 8.98. The first kappa shape index (κ1) is 16.9. The van der Waals surface area contributed by atoms with Crippen molar-refractivity contribution in [2.45, 2.75) is 59.0 Å². The Hall–Kier alpha value is -1.10. The smallest absolute Gasteiger partial charge is 0.326 e. The lowest BCUT2D eigenvalue weighted by Crippen LogP contribution is -2.41. The average Bonchev–Trinajstić information content (AvgIpc) is 2.22. The van der Waals surface area contributed by atoms with Crippen LogP contribution < -0.4 is 10.6 Å². The van der Waals surface area contributed by atoms with E-state index in [9.17, 15) is 9.59 Å². The van der Waals surface area contributed by atoms with Crippen LogP contribution in [0.1, 0.15) is 47.0 Å². The van der Waals surface area contributed by atoms with Gasteiger partial charge in [-0.3, -0.25) is 4.79 Å². The second-order valence-corrected chi connectivity index (χ2v) is 5.30. The van der Waals surface area contributed by atoms with E-state index in [1.807, 2.05) is 27.7 Å². The molecule has 0 aliphatic heterocycles. The highest BCUT2D eigenvalue weighted by Gasteiger charge is 2.20. The first-order valence-electron chi connectivity index (χ1n) is 6.58. The van der Waals surface area contributed by atoms with Gasteiger partial charge in [-0.25, -0.2) is 4.79 Å². The molecule has 0 bridgehead atoms. The molecule has 1 amide bonds. The van der Waals surface area contributed by atoms with E-state index >= 15 is 0 Å². The van der Waals surface area contributed by atoms with Crippen molar-refractivity contribution in [1.82, 2.24) is 10.6 Å². The van der Waals surface area contributed by atoms with Gasteiger partial charge < -0.3 is 15.7 Å². The number of carbonyl (C=O) groups is 2. The number of rotatable bonds is 9. The molecule has 106 valence electrons. The molecule has 0 aliphatic rings. The van der Waals surface area contributed by atoms with Crippen molar-refractivity contribution >= 4 is 11.9 Å². The van der Waals surface area contributed by atoms with Gasteiger partial charge in [0.1, 0.15) is 6.04 Å². The minimum absolute atomic E-state index is 0.186. The zero-order valence-electron chi connectivity index (χ0n) is 11.8. The van der Waals surface area contributed by atoms with Gasteiger partial charge >= 0.3 is 5.97 Å². The van der Waals surface area contributed by atoms with Gasteiger partial charge in [0.15, 0.2) is 0 Å². The van der Waals surface area contributed by atoms with Crippen LogP contribution in [0.2, 0.25) is 0 Å². The number of hydrogen-bond acceptors (Lipinski definition) is 3. The monoisotopic (exact) mass is 258 g/mol. The summed E-state index contributed by atoms with van der Waals surface area (Å²) >= 11 is 0. The predicted octanol–water partition coefficient (Wildman–Crippen LogP) is 1.38. The van der Waals surface area contributed by atoms with Gasteiger partial charge in [-0.1, -0.05) is 27.7 Å². The number of carboxylic acid groups (broad SMARTS) is 1. The Labute approximate surface area is 109 Å². The summed E-state index contributed by atoms with van der Waals surface area (Å²) in [7, 11) is 0. The van der Waals surface area contributed by atoms with Crippen molar-refractivity contribution in [1.29, 1.82) is 0 Å². The van der Waals surface area contributed by atoms with Crippen LogP contribution in [-0.2, 0) is 9.59 Å². The molecule has 0 radical (unpaired) electrons. The van der Waals surface area contributed by atoms with Gasteiger partial charge in [0.25, 0.3) is 0 Å². The molecule has 0 aromatic carbocycles. The lowest BCUT2D eigenvalue weighted by Gasteiger charge is -2.16. The number of aliphatic carboxylic acids is 1. The quantitative estimate of drug-likeness (QED) is 0.546. The van der Waals surface area contributed by atoms with Gasteiger partial charge in [-0.05, 0) is 25.3 Å². The Balaban J connectivity index is 3.92. The van der Waals surface area contributed by atoms with E-state index in [2.05, 4.69) is 10.6 Å². The molecule has 0 spiro atoms. The molecule has 0 rings (SSSR count). The van der Waals surface area contributed by atoms with E-state index in [-0.39, 0.29) is 11.8 Å². The van der Waals surface area contributed by atoms with Gasteiger partial charge in [0.2, 0.25) is 5.91 Å². The third-order valence-electron chi connectivity index (χ3n) is 2.47. The maximum absolute atomic E-state index is 11.6.